The van der Waals surface area contributed by atoms with E-state index in [0.29, 0.717) is 12.2 Å². The lowest BCUT2D eigenvalue weighted by atomic mass is 10.1. The van der Waals surface area contributed by atoms with Gasteiger partial charge in [-0.2, -0.15) is 0 Å². The van der Waals surface area contributed by atoms with Crippen LogP contribution in [0.25, 0.3) is 6.08 Å². The van der Waals surface area contributed by atoms with E-state index in [4.69, 9.17) is 4.74 Å². The number of nitrogens with zero attached hydrogens (tertiary/aromatic N) is 1. The van der Waals surface area contributed by atoms with Gasteiger partial charge in [0.25, 0.3) is 0 Å². The summed E-state index contributed by atoms with van der Waals surface area (Å²) >= 11 is 0. The minimum atomic E-state index is -0.0477. The first-order chi connectivity index (χ1) is 11.8. The first-order valence-electron chi connectivity index (χ1n) is 7.70. The van der Waals surface area contributed by atoms with Gasteiger partial charge in [-0.3, -0.25) is 9.78 Å². The van der Waals surface area contributed by atoms with Crippen LogP contribution in [0.5, 0.6) is 5.75 Å². The van der Waals surface area contributed by atoms with Gasteiger partial charge in [0.2, 0.25) is 0 Å². The van der Waals surface area contributed by atoms with Gasteiger partial charge in [-0.25, -0.2) is 0 Å². The standard InChI is InChI=1S/C21H17NO2/c23-21(13-8-17-7-4-14-22-15-17)19-9-11-20(12-10-19)24-16-18-5-2-1-3-6-18/h1-15H,16H2/b13-8+. The molecule has 0 atom stereocenters. The van der Waals surface area contributed by atoms with Crippen LogP contribution in [-0.2, 0) is 6.61 Å². The summed E-state index contributed by atoms with van der Waals surface area (Å²) in [6, 6.07) is 20.9. The van der Waals surface area contributed by atoms with Crippen molar-refractivity contribution in [2.75, 3.05) is 0 Å². The maximum Gasteiger partial charge on any atom is 0.185 e. The van der Waals surface area contributed by atoms with Gasteiger partial charge in [0.15, 0.2) is 5.78 Å². The number of aromatic nitrogens is 1. The molecule has 0 spiro atoms. The number of allylic oxidation sites excluding steroid dienone is 1. The number of benzene rings is 2. The maximum absolute atomic E-state index is 12.2. The molecule has 3 aromatic rings. The minimum absolute atomic E-state index is 0.0477. The third kappa shape index (κ3) is 4.40. The van der Waals surface area contributed by atoms with Crippen LogP contribution in [0.3, 0.4) is 0 Å². The molecule has 0 saturated carbocycles. The van der Waals surface area contributed by atoms with E-state index in [9.17, 15) is 4.79 Å². The van der Waals surface area contributed by atoms with Crippen LogP contribution < -0.4 is 4.74 Å². The predicted octanol–water partition coefficient (Wildman–Crippen LogP) is 4.56. The maximum atomic E-state index is 12.2. The molecule has 0 amide bonds. The lowest BCUT2D eigenvalue weighted by Gasteiger charge is -2.06. The molecule has 0 aliphatic rings. The predicted molar refractivity (Wildman–Crippen MR) is 94.8 cm³/mol. The van der Waals surface area contributed by atoms with E-state index in [1.54, 1.807) is 36.7 Å². The number of hydrogen-bond donors (Lipinski definition) is 0. The zero-order valence-electron chi connectivity index (χ0n) is 13.1. The van der Waals surface area contributed by atoms with Crippen molar-refractivity contribution in [2.24, 2.45) is 0 Å². The Morgan fingerprint density at radius 1 is 0.958 bits per heavy atom. The zero-order chi connectivity index (χ0) is 16.6. The van der Waals surface area contributed by atoms with Crippen LogP contribution in [0.15, 0.2) is 85.2 Å². The Hall–Kier alpha value is -3.20. The number of carbonyl (C=O) groups excluding carboxylic acids is 1. The highest BCUT2D eigenvalue weighted by molar-refractivity contribution is 6.06. The Kier molecular flexibility index (Phi) is 5.15. The van der Waals surface area contributed by atoms with E-state index >= 15 is 0 Å². The number of pyridine rings is 1. The zero-order valence-corrected chi connectivity index (χ0v) is 13.1. The van der Waals surface area contributed by atoms with Crippen LogP contribution in [0.4, 0.5) is 0 Å². The summed E-state index contributed by atoms with van der Waals surface area (Å²) in [6.45, 7) is 0.509. The fourth-order valence-corrected chi connectivity index (χ4v) is 2.20. The topological polar surface area (TPSA) is 39.2 Å². The molecule has 0 aliphatic heterocycles. The molecule has 0 N–H and O–H groups in total. The second-order valence-electron chi connectivity index (χ2n) is 5.28. The summed E-state index contributed by atoms with van der Waals surface area (Å²) in [6.07, 6.45) is 6.73. The first kappa shape index (κ1) is 15.7. The van der Waals surface area contributed by atoms with Gasteiger partial charge in [-0.15, -0.1) is 0 Å². The molecule has 1 heterocycles. The average molecular weight is 315 g/mol. The Labute approximate surface area is 141 Å². The van der Waals surface area contributed by atoms with E-state index in [0.717, 1.165) is 16.9 Å². The highest BCUT2D eigenvalue weighted by atomic mass is 16.5. The molecule has 0 saturated heterocycles. The van der Waals surface area contributed by atoms with Crippen molar-refractivity contribution in [3.8, 4) is 5.75 Å². The van der Waals surface area contributed by atoms with E-state index in [1.807, 2.05) is 54.6 Å². The van der Waals surface area contributed by atoms with Crippen LogP contribution in [0.1, 0.15) is 21.5 Å². The van der Waals surface area contributed by atoms with E-state index in [-0.39, 0.29) is 5.78 Å². The molecule has 1 aromatic heterocycles. The Morgan fingerprint density at radius 3 is 2.46 bits per heavy atom. The number of ether oxygens (including phenoxy) is 1. The molecule has 0 aliphatic carbocycles. The molecular weight excluding hydrogens is 298 g/mol. The van der Waals surface area contributed by atoms with Crippen molar-refractivity contribution in [3.63, 3.8) is 0 Å². The smallest absolute Gasteiger partial charge is 0.185 e. The van der Waals surface area contributed by atoms with Crippen LogP contribution in [-0.4, -0.2) is 10.8 Å². The molecule has 24 heavy (non-hydrogen) atoms. The Balaban J connectivity index is 1.59. The quantitative estimate of drug-likeness (QED) is 0.494. The molecule has 0 unspecified atom stereocenters. The molecule has 118 valence electrons. The summed E-state index contributed by atoms with van der Waals surface area (Å²) in [5.41, 5.74) is 2.63. The highest BCUT2D eigenvalue weighted by Crippen LogP contribution is 2.15. The van der Waals surface area contributed by atoms with Crippen molar-refractivity contribution in [2.45, 2.75) is 6.61 Å². The minimum Gasteiger partial charge on any atom is -0.489 e. The molecule has 2 aromatic carbocycles. The van der Waals surface area contributed by atoms with Crippen LogP contribution in [0, 0.1) is 0 Å². The first-order valence-corrected chi connectivity index (χ1v) is 7.70. The third-order valence-corrected chi connectivity index (χ3v) is 3.50. The molecule has 3 heteroatoms. The summed E-state index contributed by atoms with van der Waals surface area (Å²) in [5.74, 6) is 0.695. The highest BCUT2D eigenvalue weighted by Gasteiger charge is 2.02. The lowest BCUT2D eigenvalue weighted by molar-refractivity contribution is 0.104. The summed E-state index contributed by atoms with van der Waals surface area (Å²) in [5, 5.41) is 0. The van der Waals surface area contributed by atoms with E-state index in [1.165, 1.54) is 0 Å². The summed E-state index contributed by atoms with van der Waals surface area (Å²) < 4.78 is 5.72. The second-order valence-corrected chi connectivity index (χ2v) is 5.28. The largest absolute Gasteiger partial charge is 0.489 e. The third-order valence-electron chi connectivity index (χ3n) is 3.50. The normalized spacial score (nSPS) is 10.7. The fourth-order valence-electron chi connectivity index (χ4n) is 2.20. The summed E-state index contributed by atoms with van der Waals surface area (Å²) in [4.78, 5) is 16.2. The van der Waals surface area contributed by atoms with Crippen molar-refractivity contribution < 1.29 is 9.53 Å². The van der Waals surface area contributed by atoms with Crippen LogP contribution >= 0.6 is 0 Å². The van der Waals surface area contributed by atoms with E-state index < -0.39 is 0 Å². The molecule has 0 fully saturated rings. The van der Waals surface area contributed by atoms with Gasteiger partial charge in [0.1, 0.15) is 12.4 Å². The van der Waals surface area contributed by atoms with Crippen molar-refractivity contribution in [1.82, 2.24) is 4.98 Å². The average Bonchev–Trinajstić information content (AvgIpc) is 2.66. The molecular formula is C21H17NO2. The van der Waals surface area contributed by atoms with Gasteiger partial charge >= 0.3 is 0 Å². The van der Waals surface area contributed by atoms with Gasteiger partial charge in [0.05, 0.1) is 0 Å². The number of hydrogen-bond acceptors (Lipinski definition) is 3. The summed E-state index contributed by atoms with van der Waals surface area (Å²) in [7, 11) is 0. The van der Waals surface area contributed by atoms with E-state index in [2.05, 4.69) is 4.98 Å². The van der Waals surface area contributed by atoms with Crippen molar-refractivity contribution >= 4 is 11.9 Å². The van der Waals surface area contributed by atoms with Crippen molar-refractivity contribution in [3.05, 3.63) is 102 Å². The van der Waals surface area contributed by atoms with Gasteiger partial charge in [-0.1, -0.05) is 36.4 Å². The fraction of sp³-hybridized carbons (Fsp3) is 0.0476. The molecule has 3 rings (SSSR count). The van der Waals surface area contributed by atoms with Gasteiger partial charge in [-0.05, 0) is 53.6 Å². The number of carbonyl (C=O) groups is 1. The molecule has 3 nitrogen and oxygen atoms in total. The van der Waals surface area contributed by atoms with Crippen LogP contribution in [0.2, 0.25) is 0 Å². The van der Waals surface area contributed by atoms with Gasteiger partial charge in [0, 0.05) is 18.0 Å². The van der Waals surface area contributed by atoms with Gasteiger partial charge < -0.3 is 4.74 Å². The molecule has 0 bridgehead atoms. The monoisotopic (exact) mass is 315 g/mol. The number of rotatable bonds is 6. The second kappa shape index (κ2) is 7.88. The number of ketones is 1. The Morgan fingerprint density at radius 2 is 1.75 bits per heavy atom. The van der Waals surface area contributed by atoms with Crippen molar-refractivity contribution in [1.29, 1.82) is 0 Å². The molecule has 0 radical (unpaired) electrons. The SMILES string of the molecule is O=C(/C=C/c1cccnc1)c1ccc(OCc2ccccc2)cc1. The Bertz CT molecular complexity index is 809. The lowest BCUT2D eigenvalue weighted by Crippen LogP contribution is -1.97.